The molecule has 1 aromatic carbocycles. The van der Waals surface area contributed by atoms with E-state index in [0.29, 0.717) is 15.1 Å². The molecule has 0 saturated carbocycles. The highest BCUT2D eigenvalue weighted by molar-refractivity contribution is 7.21. The van der Waals surface area contributed by atoms with Crippen molar-refractivity contribution in [1.82, 2.24) is 9.97 Å². The molecule has 0 radical (unpaired) electrons. The first kappa shape index (κ1) is 13.7. The van der Waals surface area contributed by atoms with E-state index in [0.717, 1.165) is 12.3 Å². The molecule has 2 aromatic heterocycles. The molecule has 0 atom stereocenters. The zero-order chi connectivity index (χ0) is 15.0. The molecule has 0 amide bonds. The van der Waals surface area contributed by atoms with Crippen LogP contribution in [0.2, 0.25) is 0 Å². The van der Waals surface area contributed by atoms with Gasteiger partial charge in [-0.05, 0) is 24.3 Å². The summed E-state index contributed by atoms with van der Waals surface area (Å²) in [5.41, 5.74) is -1.00. The summed E-state index contributed by atoms with van der Waals surface area (Å²) < 4.78 is 38.2. The number of hydrogen-bond acceptors (Lipinski definition) is 4. The van der Waals surface area contributed by atoms with Crippen LogP contribution >= 0.6 is 11.3 Å². The first-order valence-corrected chi connectivity index (χ1v) is 6.70. The minimum atomic E-state index is -4.44. The summed E-state index contributed by atoms with van der Waals surface area (Å²) in [6, 6.07) is 9.07. The normalized spacial score (nSPS) is 11.8. The largest absolute Gasteiger partial charge is 0.417 e. The number of rotatable bonds is 1. The third kappa shape index (κ3) is 2.64. The highest BCUT2D eigenvalue weighted by atomic mass is 32.1. The lowest BCUT2D eigenvalue weighted by Gasteiger charge is -2.06. The Morgan fingerprint density at radius 3 is 2.48 bits per heavy atom. The van der Waals surface area contributed by atoms with E-state index >= 15 is 0 Å². The molecule has 0 N–H and O–H groups in total. The van der Waals surface area contributed by atoms with Crippen molar-refractivity contribution in [2.24, 2.45) is 0 Å². The topological polar surface area (TPSA) is 42.9 Å². The van der Waals surface area contributed by atoms with Gasteiger partial charge in [-0.15, -0.1) is 11.3 Å². The van der Waals surface area contributed by atoms with Gasteiger partial charge in [-0.1, -0.05) is 12.1 Å². The maximum atomic E-state index is 12.5. The number of benzene rings is 1. The summed E-state index contributed by atoms with van der Waals surface area (Å²) in [6.07, 6.45) is -3.70. The summed E-state index contributed by atoms with van der Waals surface area (Å²) >= 11 is 1.21. The maximum Gasteiger partial charge on any atom is 0.417 e. The van der Waals surface area contributed by atoms with Crippen molar-refractivity contribution in [1.29, 1.82) is 0 Å². The highest BCUT2D eigenvalue weighted by Crippen LogP contribution is 2.30. The Morgan fingerprint density at radius 1 is 1.05 bits per heavy atom. The van der Waals surface area contributed by atoms with Gasteiger partial charge in [-0.2, -0.15) is 18.2 Å². The van der Waals surface area contributed by atoms with Crippen LogP contribution in [-0.4, -0.2) is 9.97 Å². The van der Waals surface area contributed by atoms with Crippen LogP contribution in [0.1, 0.15) is 5.56 Å². The molecule has 0 unspecified atom stereocenters. The number of aromatic nitrogens is 2. The molecule has 7 heteroatoms. The molecule has 21 heavy (non-hydrogen) atoms. The second kappa shape index (κ2) is 4.92. The minimum Gasteiger partial charge on any atom is -0.267 e. The number of alkyl halides is 3. The van der Waals surface area contributed by atoms with Crippen LogP contribution in [0.5, 0.6) is 0 Å². The Hall–Kier alpha value is -2.28. The highest BCUT2D eigenvalue weighted by Gasteiger charge is 2.30. The van der Waals surface area contributed by atoms with E-state index in [1.54, 1.807) is 24.3 Å². The molecule has 0 aliphatic rings. The van der Waals surface area contributed by atoms with Gasteiger partial charge < -0.3 is 0 Å². The second-order valence-electron chi connectivity index (χ2n) is 4.25. The van der Waals surface area contributed by atoms with Crippen LogP contribution in [0.4, 0.5) is 13.2 Å². The molecule has 3 nitrogen and oxygen atoms in total. The standard InChI is InChI=1S/C14H7F3N2OS/c15-14(16,17)8-5-6-10(18-7-8)13-19-12(20)9-3-1-2-4-11(9)21-13/h1-7H. The van der Waals surface area contributed by atoms with Crippen LogP contribution < -0.4 is 5.56 Å². The molecule has 3 aromatic rings. The molecule has 0 bridgehead atoms. The first-order valence-electron chi connectivity index (χ1n) is 5.89. The lowest BCUT2D eigenvalue weighted by Crippen LogP contribution is -2.07. The van der Waals surface area contributed by atoms with Gasteiger partial charge >= 0.3 is 6.18 Å². The Labute approximate surface area is 120 Å². The van der Waals surface area contributed by atoms with Crippen molar-refractivity contribution < 1.29 is 13.2 Å². The SMILES string of the molecule is O=c1nc(-c2ccc(C(F)(F)F)cn2)sc2ccccc12. The third-order valence-corrected chi connectivity index (χ3v) is 3.91. The summed E-state index contributed by atoms with van der Waals surface area (Å²) in [5.74, 6) is 0. The average molecular weight is 308 g/mol. The second-order valence-corrected chi connectivity index (χ2v) is 5.28. The summed E-state index contributed by atoms with van der Waals surface area (Å²) in [5, 5.41) is 0.783. The fourth-order valence-electron chi connectivity index (χ4n) is 1.81. The molecule has 3 rings (SSSR count). The summed E-state index contributed by atoms with van der Waals surface area (Å²) in [7, 11) is 0. The molecule has 2 heterocycles. The van der Waals surface area contributed by atoms with E-state index in [4.69, 9.17) is 0 Å². The number of pyridine rings is 1. The lowest BCUT2D eigenvalue weighted by molar-refractivity contribution is -0.137. The van der Waals surface area contributed by atoms with Crippen LogP contribution in [0, 0.1) is 0 Å². The predicted molar refractivity (Wildman–Crippen MR) is 74.1 cm³/mol. The van der Waals surface area contributed by atoms with Crippen molar-refractivity contribution in [2.45, 2.75) is 6.18 Å². The number of halogens is 3. The van der Waals surface area contributed by atoms with Gasteiger partial charge in [0.1, 0.15) is 5.01 Å². The van der Waals surface area contributed by atoms with Gasteiger partial charge in [0.2, 0.25) is 0 Å². The monoisotopic (exact) mass is 308 g/mol. The van der Waals surface area contributed by atoms with E-state index in [1.165, 1.54) is 17.4 Å². The molecular formula is C14H7F3N2OS. The predicted octanol–water partition coefficient (Wildman–Crippen LogP) is 3.74. The minimum absolute atomic E-state index is 0.246. The van der Waals surface area contributed by atoms with E-state index < -0.39 is 17.3 Å². The van der Waals surface area contributed by atoms with Gasteiger partial charge in [-0.25, -0.2) is 0 Å². The summed E-state index contributed by atoms with van der Waals surface area (Å²) in [4.78, 5) is 19.5. The van der Waals surface area contributed by atoms with Crippen molar-refractivity contribution in [2.75, 3.05) is 0 Å². The molecule has 0 aliphatic carbocycles. The molecule has 0 aliphatic heterocycles. The Morgan fingerprint density at radius 2 is 1.81 bits per heavy atom. The van der Waals surface area contributed by atoms with E-state index in [9.17, 15) is 18.0 Å². The van der Waals surface area contributed by atoms with Crippen LogP contribution in [-0.2, 0) is 6.18 Å². The first-order chi connectivity index (χ1) is 9.95. The van der Waals surface area contributed by atoms with E-state index in [1.807, 2.05) is 0 Å². The van der Waals surface area contributed by atoms with Gasteiger partial charge in [0.15, 0.2) is 0 Å². The molecular weight excluding hydrogens is 301 g/mol. The van der Waals surface area contributed by atoms with E-state index in [2.05, 4.69) is 9.97 Å². The number of hydrogen-bond donors (Lipinski definition) is 0. The Kier molecular flexibility index (Phi) is 3.21. The fourth-order valence-corrected chi connectivity index (χ4v) is 2.78. The summed E-state index contributed by atoms with van der Waals surface area (Å²) in [6.45, 7) is 0. The van der Waals surface area contributed by atoms with E-state index in [-0.39, 0.29) is 5.69 Å². The third-order valence-electron chi connectivity index (χ3n) is 2.84. The lowest BCUT2D eigenvalue weighted by atomic mass is 10.2. The molecule has 0 fully saturated rings. The maximum absolute atomic E-state index is 12.5. The number of nitrogens with zero attached hydrogens (tertiary/aromatic N) is 2. The molecule has 0 spiro atoms. The molecule has 106 valence electrons. The average Bonchev–Trinajstić information content (AvgIpc) is 2.46. The molecule has 0 saturated heterocycles. The van der Waals surface area contributed by atoms with Gasteiger partial charge in [0.05, 0.1) is 16.6 Å². The van der Waals surface area contributed by atoms with Gasteiger partial charge in [-0.3, -0.25) is 9.78 Å². The smallest absolute Gasteiger partial charge is 0.267 e. The van der Waals surface area contributed by atoms with Crippen LogP contribution in [0.3, 0.4) is 0 Å². The van der Waals surface area contributed by atoms with Crippen LogP contribution in [0.15, 0.2) is 47.4 Å². The quantitative estimate of drug-likeness (QED) is 0.688. The van der Waals surface area contributed by atoms with Crippen molar-refractivity contribution in [3.8, 4) is 10.7 Å². The fraction of sp³-hybridized carbons (Fsp3) is 0.0714. The Balaban J connectivity index is 2.10. The zero-order valence-electron chi connectivity index (χ0n) is 10.4. The van der Waals surface area contributed by atoms with Crippen molar-refractivity contribution in [3.05, 3.63) is 58.5 Å². The zero-order valence-corrected chi connectivity index (χ0v) is 11.2. The van der Waals surface area contributed by atoms with Crippen molar-refractivity contribution in [3.63, 3.8) is 0 Å². The number of fused-ring (bicyclic) bond motifs is 1. The van der Waals surface area contributed by atoms with Crippen molar-refractivity contribution >= 4 is 21.4 Å². The Bertz CT molecular complexity index is 856. The van der Waals surface area contributed by atoms with Gasteiger partial charge in [0, 0.05) is 10.9 Å². The van der Waals surface area contributed by atoms with Gasteiger partial charge in [0.25, 0.3) is 5.56 Å². The van der Waals surface area contributed by atoms with Crippen LogP contribution in [0.25, 0.3) is 20.8 Å².